The number of H-pyrrole nitrogens is 1. The molecule has 0 radical (unpaired) electrons. The van der Waals surface area contributed by atoms with Crippen LogP contribution in [0.1, 0.15) is 29.6 Å². The maximum Gasteiger partial charge on any atom is 0.258 e. The molecule has 3 fully saturated rings. The van der Waals surface area contributed by atoms with Crippen molar-refractivity contribution in [3.8, 4) is 5.75 Å². The van der Waals surface area contributed by atoms with Gasteiger partial charge in [0.1, 0.15) is 11.6 Å². The van der Waals surface area contributed by atoms with Gasteiger partial charge < -0.3 is 20.4 Å². The molecule has 2 aromatic rings. The minimum atomic E-state index is -0.612. The zero-order chi connectivity index (χ0) is 19.9. The minimum absolute atomic E-state index is 0.0140. The highest BCUT2D eigenvalue weighted by Gasteiger charge is 2.69. The van der Waals surface area contributed by atoms with Gasteiger partial charge in [-0.25, -0.2) is 4.39 Å². The highest BCUT2D eigenvalue weighted by molar-refractivity contribution is 6.30. The summed E-state index contributed by atoms with van der Waals surface area (Å²) in [7, 11) is 0. The molecule has 3 aliphatic carbocycles. The molecule has 1 heterocycles. The Kier molecular flexibility index (Phi) is 4.38. The number of aromatic nitrogens is 1. The number of nitrogens with one attached hydrogen (secondary N) is 3. The van der Waals surface area contributed by atoms with Crippen molar-refractivity contribution in [1.29, 1.82) is 0 Å². The fourth-order valence-corrected chi connectivity index (χ4v) is 4.08. The third-order valence-corrected chi connectivity index (χ3v) is 5.43. The zero-order valence-electron chi connectivity index (χ0n) is 14.7. The summed E-state index contributed by atoms with van der Waals surface area (Å²) < 4.78 is 18.7. The van der Waals surface area contributed by atoms with E-state index in [0.29, 0.717) is 24.8 Å². The van der Waals surface area contributed by atoms with E-state index in [4.69, 9.17) is 16.3 Å². The van der Waals surface area contributed by atoms with Crippen LogP contribution in [0.5, 0.6) is 5.75 Å². The Labute approximate surface area is 164 Å². The summed E-state index contributed by atoms with van der Waals surface area (Å²) >= 11 is 5.60. The van der Waals surface area contributed by atoms with Crippen molar-refractivity contribution in [1.82, 2.24) is 15.6 Å². The molecule has 9 heteroatoms. The Bertz CT molecular complexity index is 982. The molecule has 0 unspecified atom stereocenters. The number of ether oxygens (including phenoxy) is 1. The average Bonchev–Trinajstić information content (AvgIpc) is 2.60. The highest BCUT2D eigenvalue weighted by Crippen LogP contribution is 2.60. The number of benzene rings is 1. The minimum Gasteiger partial charge on any atom is -0.484 e. The number of amides is 2. The van der Waals surface area contributed by atoms with Gasteiger partial charge in [-0.05, 0) is 37.5 Å². The topological polar surface area (TPSA) is 100 Å². The van der Waals surface area contributed by atoms with E-state index in [0.717, 1.165) is 6.07 Å². The number of hydrogen-bond donors (Lipinski definition) is 3. The van der Waals surface area contributed by atoms with Crippen molar-refractivity contribution < 1.29 is 18.7 Å². The third kappa shape index (κ3) is 3.47. The standard InChI is InChI=1S/C19H17ClFN3O4/c20-13-3-2-12(5-14(13)21)28-7-16(26)23-18-8-19(9-18,10-18)24-17(27)11-1-4-15(25)22-6-11/h1-6H,7-10H2,(H,22,25)(H,23,26)(H,24,27). The molecule has 2 bridgehead atoms. The predicted octanol–water partition coefficient (Wildman–Crippen LogP) is 1.77. The summed E-state index contributed by atoms with van der Waals surface area (Å²) in [6.45, 7) is -0.237. The molecule has 5 rings (SSSR count). The van der Waals surface area contributed by atoms with Crippen molar-refractivity contribution in [3.05, 3.63) is 63.3 Å². The first-order chi connectivity index (χ1) is 13.3. The SMILES string of the molecule is O=C(COc1ccc(Cl)c(F)c1)NC12CC(NC(=O)c3ccc(=O)[nH]c3)(C1)C2. The normalized spacial score (nSPS) is 24.5. The number of pyridine rings is 1. The Balaban J connectivity index is 1.24. The summed E-state index contributed by atoms with van der Waals surface area (Å²) in [5.74, 6) is -0.960. The van der Waals surface area contributed by atoms with Gasteiger partial charge in [0, 0.05) is 29.4 Å². The number of carbonyl (C=O) groups is 2. The predicted molar refractivity (Wildman–Crippen MR) is 98.9 cm³/mol. The molecule has 7 nitrogen and oxygen atoms in total. The van der Waals surface area contributed by atoms with E-state index in [1.54, 1.807) is 0 Å². The molecule has 0 atom stereocenters. The highest BCUT2D eigenvalue weighted by atomic mass is 35.5. The van der Waals surface area contributed by atoms with E-state index in [-0.39, 0.29) is 45.8 Å². The maximum absolute atomic E-state index is 13.4. The Morgan fingerprint density at radius 3 is 2.50 bits per heavy atom. The first kappa shape index (κ1) is 18.5. The molecule has 3 saturated carbocycles. The molecule has 3 N–H and O–H groups in total. The van der Waals surface area contributed by atoms with Gasteiger partial charge >= 0.3 is 0 Å². The van der Waals surface area contributed by atoms with Crippen LogP contribution in [0.15, 0.2) is 41.3 Å². The summed E-state index contributed by atoms with van der Waals surface area (Å²) in [6.07, 6.45) is 3.28. The molecule has 28 heavy (non-hydrogen) atoms. The largest absolute Gasteiger partial charge is 0.484 e. The molecule has 1 aromatic carbocycles. The number of carbonyl (C=O) groups excluding carboxylic acids is 2. The van der Waals surface area contributed by atoms with Crippen LogP contribution in [0.2, 0.25) is 5.02 Å². The second-order valence-corrected chi connectivity index (χ2v) is 7.81. The van der Waals surface area contributed by atoms with Gasteiger partial charge in [0.2, 0.25) is 5.56 Å². The zero-order valence-corrected chi connectivity index (χ0v) is 15.4. The van der Waals surface area contributed by atoms with Crippen LogP contribution >= 0.6 is 11.6 Å². The number of rotatable bonds is 6. The Hall–Kier alpha value is -2.87. The second-order valence-electron chi connectivity index (χ2n) is 7.40. The van der Waals surface area contributed by atoms with Gasteiger partial charge in [-0.2, -0.15) is 0 Å². The lowest BCUT2D eigenvalue weighted by Crippen LogP contribution is -2.84. The average molecular weight is 406 g/mol. The van der Waals surface area contributed by atoms with Gasteiger partial charge in [-0.3, -0.25) is 14.4 Å². The van der Waals surface area contributed by atoms with Gasteiger partial charge in [0.15, 0.2) is 6.61 Å². The van der Waals surface area contributed by atoms with Crippen molar-refractivity contribution in [2.75, 3.05) is 6.61 Å². The summed E-state index contributed by atoms with van der Waals surface area (Å²) in [5.41, 5.74) is -0.539. The van der Waals surface area contributed by atoms with Crippen molar-refractivity contribution in [3.63, 3.8) is 0 Å². The van der Waals surface area contributed by atoms with E-state index in [9.17, 15) is 18.8 Å². The first-order valence-electron chi connectivity index (χ1n) is 8.68. The lowest BCUT2D eigenvalue weighted by Gasteiger charge is -2.70. The molecule has 146 valence electrons. The quantitative estimate of drug-likeness (QED) is 0.681. The van der Waals surface area contributed by atoms with Gasteiger partial charge in [0.05, 0.1) is 10.6 Å². The molecule has 1 aromatic heterocycles. The van der Waals surface area contributed by atoms with Crippen LogP contribution in [0.4, 0.5) is 4.39 Å². The Morgan fingerprint density at radius 2 is 1.86 bits per heavy atom. The summed E-state index contributed by atoms with van der Waals surface area (Å²) in [6, 6.07) is 6.73. The number of halogens is 2. The van der Waals surface area contributed by atoms with Crippen molar-refractivity contribution >= 4 is 23.4 Å². The van der Waals surface area contributed by atoms with E-state index >= 15 is 0 Å². The molecule has 2 amide bonds. The molecular formula is C19H17ClFN3O4. The van der Waals surface area contributed by atoms with E-state index in [2.05, 4.69) is 15.6 Å². The van der Waals surface area contributed by atoms with E-state index in [1.165, 1.54) is 30.5 Å². The van der Waals surface area contributed by atoms with Gasteiger partial charge in [-0.15, -0.1) is 0 Å². The fourth-order valence-electron chi connectivity index (χ4n) is 3.97. The molecule has 0 saturated heterocycles. The smallest absolute Gasteiger partial charge is 0.258 e. The van der Waals surface area contributed by atoms with E-state index < -0.39 is 5.82 Å². The summed E-state index contributed by atoms with van der Waals surface area (Å²) in [4.78, 5) is 37.9. The van der Waals surface area contributed by atoms with Crippen molar-refractivity contribution in [2.24, 2.45) is 0 Å². The van der Waals surface area contributed by atoms with Crippen LogP contribution in [0.3, 0.4) is 0 Å². The fraction of sp³-hybridized carbons (Fsp3) is 0.316. The monoisotopic (exact) mass is 405 g/mol. The van der Waals surface area contributed by atoms with Crippen LogP contribution in [-0.4, -0.2) is 34.5 Å². The first-order valence-corrected chi connectivity index (χ1v) is 9.06. The molecule has 0 spiro atoms. The molecule has 3 aliphatic rings. The second kappa shape index (κ2) is 6.63. The van der Waals surface area contributed by atoms with Crippen LogP contribution in [0.25, 0.3) is 0 Å². The molecular weight excluding hydrogens is 389 g/mol. The van der Waals surface area contributed by atoms with Gasteiger partial charge in [0.25, 0.3) is 11.8 Å². The van der Waals surface area contributed by atoms with Crippen LogP contribution in [0, 0.1) is 5.82 Å². The van der Waals surface area contributed by atoms with Crippen LogP contribution in [-0.2, 0) is 4.79 Å². The lowest BCUT2D eigenvalue weighted by atomic mass is 9.44. The third-order valence-electron chi connectivity index (χ3n) is 5.12. The van der Waals surface area contributed by atoms with Gasteiger partial charge in [-0.1, -0.05) is 11.6 Å². The van der Waals surface area contributed by atoms with Crippen LogP contribution < -0.4 is 20.9 Å². The molecule has 0 aliphatic heterocycles. The maximum atomic E-state index is 13.4. The summed E-state index contributed by atoms with van der Waals surface area (Å²) in [5, 5.41) is 5.87. The Morgan fingerprint density at radius 1 is 1.14 bits per heavy atom. The lowest BCUT2D eigenvalue weighted by molar-refractivity contribution is -0.141. The van der Waals surface area contributed by atoms with E-state index in [1.807, 2.05) is 0 Å². The number of hydrogen-bond acceptors (Lipinski definition) is 4. The number of aromatic amines is 1. The van der Waals surface area contributed by atoms with Crippen molar-refractivity contribution in [2.45, 2.75) is 30.3 Å².